The molecule has 0 N–H and O–H groups in total. The molecule has 0 bridgehead atoms. The smallest absolute Gasteiger partial charge is 0.108 e. The van der Waals surface area contributed by atoms with Gasteiger partial charge in [-0.15, -0.1) is 53.6 Å². The van der Waals surface area contributed by atoms with Crippen LogP contribution in [0.3, 0.4) is 0 Å². The molecule has 0 aliphatic rings. The van der Waals surface area contributed by atoms with Crippen LogP contribution >= 0.6 is 0 Å². The van der Waals surface area contributed by atoms with E-state index in [2.05, 4.69) is 27.1 Å². The van der Waals surface area contributed by atoms with E-state index in [1.54, 1.807) is 30.9 Å². The molecule has 7 heteroatoms. The molecule has 35 heavy (non-hydrogen) atoms. The number of rotatable bonds is 3. The van der Waals surface area contributed by atoms with Crippen molar-refractivity contribution in [2.75, 3.05) is 0 Å². The Morgan fingerprint density at radius 3 is 2.17 bits per heavy atom. The van der Waals surface area contributed by atoms with Crippen molar-refractivity contribution in [3.8, 4) is 33.6 Å². The summed E-state index contributed by atoms with van der Waals surface area (Å²) in [6, 6.07) is 25.2. The molecule has 0 atom stereocenters. The fourth-order valence-corrected chi connectivity index (χ4v) is 3.25. The van der Waals surface area contributed by atoms with Gasteiger partial charge in [0.15, 0.2) is 0 Å². The standard InChI is InChI=1S/C17H10F3N2.C11H8N.Ir/c1-10-6-16(12-7-14(18)17(20)15(19)8-12)22-9-13(10)11-2-4-21-5-3-11;1-2-6-10(7-3-1)11-8-4-5-9-12-11;/h2-7,9H,1H3;1-6,8-9H;/q2*-1;. The Kier molecular flexibility index (Phi) is 9.01. The van der Waals surface area contributed by atoms with Crippen molar-refractivity contribution in [1.29, 1.82) is 0 Å². The van der Waals surface area contributed by atoms with Crippen molar-refractivity contribution >= 4 is 0 Å². The number of aromatic nitrogens is 3. The number of hydrogen-bond donors (Lipinski definition) is 0. The number of benzene rings is 2. The molecule has 0 aliphatic heterocycles. The number of aryl methyl sites for hydroxylation is 1. The quantitative estimate of drug-likeness (QED) is 0.159. The first-order valence-electron chi connectivity index (χ1n) is 10.4. The van der Waals surface area contributed by atoms with Gasteiger partial charge in [-0.25, -0.2) is 8.78 Å². The molecule has 3 aromatic heterocycles. The third kappa shape index (κ3) is 6.47. The Morgan fingerprint density at radius 2 is 1.54 bits per heavy atom. The van der Waals surface area contributed by atoms with E-state index in [-0.39, 0.29) is 25.7 Å². The van der Waals surface area contributed by atoms with E-state index >= 15 is 0 Å². The number of halogens is 3. The van der Waals surface area contributed by atoms with Gasteiger partial charge < -0.3 is 9.97 Å². The molecule has 5 rings (SSSR count). The molecule has 0 saturated heterocycles. The topological polar surface area (TPSA) is 38.7 Å². The van der Waals surface area contributed by atoms with Crippen LogP contribution in [0.1, 0.15) is 5.56 Å². The first-order valence-corrected chi connectivity index (χ1v) is 10.4. The predicted octanol–water partition coefficient (Wildman–Crippen LogP) is 6.88. The molecule has 3 nitrogen and oxygen atoms in total. The average molecular weight is 646 g/mol. The van der Waals surface area contributed by atoms with Gasteiger partial charge in [0.05, 0.1) is 11.6 Å². The van der Waals surface area contributed by atoms with Gasteiger partial charge in [-0.05, 0) is 47.6 Å². The summed E-state index contributed by atoms with van der Waals surface area (Å²) in [4.78, 5) is 12.4. The molecule has 0 fully saturated rings. The van der Waals surface area contributed by atoms with Gasteiger partial charge in [-0.3, -0.25) is 9.37 Å². The van der Waals surface area contributed by atoms with Crippen LogP contribution in [0.4, 0.5) is 13.2 Å². The molecule has 177 valence electrons. The van der Waals surface area contributed by atoms with Crippen LogP contribution in [0.2, 0.25) is 0 Å². The van der Waals surface area contributed by atoms with Crippen molar-refractivity contribution in [1.82, 2.24) is 15.0 Å². The maximum absolute atomic E-state index is 13.3. The third-order valence-corrected chi connectivity index (χ3v) is 4.95. The third-order valence-electron chi connectivity index (χ3n) is 4.95. The Balaban J connectivity index is 0.000000223. The van der Waals surface area contributed by atoms with Crippen LogP contribution in [-0.4, -0.2) is 15.0 Å². The number of nitrogens with zero attached hydrogens (tertiary/aromatic N) is 3. The van der Waals surface area contributed by atoms with E-state index in [0.717, 1.165) is 34.0 Å². The van der Waals surface area contributed by atoms with Gasteiger partial charge in [0.2, 0.25) is 0 Å². The van der Waals surface area contributed by atoms with Crippen molar-refractivity contribution in [3.05, 3.63) is 127 Å². The van der Waals surface area contributed by atoms with E-state index in [1.807, 2.05) is 61.5 Å². The van der Waals surface area contributed by atoms with Gasteiger partial charge in [-0.2, -0.15) is 0 Å². The summed E-state index contributed by atoms with van der Waals surface area (Å²) < 4.78 is 39.5. The van der Waals surface area contributed by atoms with Crippen LogP contribution in [0.25, 0.3) is 33.6 Å². The van der Waals surface area contributed by atoms with E-state index in [1.165, 1.54) is 0 Å². The zero-order valence-electron chi connectivity index (χ0n) is 18.5. The van der Waals surface area contributed by atoms with Crippen molar-refractivity contribution in [2.24, 2.45) is 0 Å². The van der Waals surface area contributed by atoms with Crippen molar-refractivity contribution < 1.29 is 33.3 Å². The van der Waals surface area contributed by atoms with Gasteiger partial charge in [0.25, 0.3) is 0 Å². The van der Waals surface area contributed by atoms with Crippen LogP contribution < -0.4 is 0 Å². The molecule has 5 aromatic rings. The Morgan fingerprint density at radius 1 is 0.771 bits per heavy atom. The second-order valence-electron chi connectivity index (χ2n) is 7.27. The molecular weight excluding hydrogens is 628 g/mol. The largest absolute Gasteiger partial charge is 0.305 e. The minimum atomic E-state index is -1.53. The van der Waals surface area contributed by atoms with Crippen LogP contribution in [-0.2, 0) is 20.1 Å². The fraction of sp³-hybridized carbons (Fsp3) is 0.0357. The molecule has 0 amide bonds. The van der Waals surface area contributed by atoms with Gasteiger partial charge in [0.1, 0.15) is 5.82 Å². The fourth-order valence-electron chi connectivity index (χ4n) is 3.25. The molecule has 0 unspecified atom stereocenters. The van der Waals surface area contributed by atoms with Crippen LogP contribution in [0.5, 0.6) is 0 Å². The zero-order valence-corrected chi connectivity index (χ0v) is 20.9. The van der Waals surface area contributed by atoms with Gasteiger partial charge >= 0.3 is 0 Å². The van der Waals surface area contributed by atoms with Crippen molar-refractivity contribution in [3.63, 3.8) is 0 Å². The van der Waals surface area contributed by atoms with E-state index in [0.29, 0.717) is 5.69 Å². The Labute approximate surface area is 215 Å². The number of pyridine rings is 3. The maximum Gasteiger partial charge on any atom is 0.108 e. The van der Waals surface area contributed by atoms with Gasteiger partial charge in [-0.1, -0.05) is 18.2 Å². The summed E-state index contributed by atoms with van der Waals surface area (Å²) >= 11 is 0. The Hall–Kier alpha value is -3.67. The zero-order chi connectivity index (χ0) is 23.9. The second kappa shape index (κ2) is 12.2. The average Bonchev–Trinajstić information content (AvgIpc) is 2.89. The molecule has 2 aromatic carbocycles. The molecule has 0 aliphatic carbocycles. The van der Waals surface area contributed by atoms with Crippen LogP contribution in [0, 0.1) is 36.5 Å². The first-order chi connectivity index (χ1) is 16.5. The predicted molar refractivity (Wildman–Crippen MR) is 125 cm³/mol. The van der Waals surface area contributed by atoms with Crippen molar-refractivity contribution in [2.45, 2.75) is 6.92 Å². The van der Waals surface area contributed by atoms with E-state index in [9.17, 15) is 13.2 Å². The molecule has 3 heterocycles. The van der Waals surface area contributed by atoms with Crippen LogP contribution in [0.15, 0.2) is 91.5 Å². The van der Waals surface area contributed by atoms with E-state index in [4.69, 9.17) is 0 Å². The second-order valence-corrected chi connectivity index (χ2v) is 7.27. The molecular formula is C28H18F3IrN3-2. The molecule has 0 saturated carbocycles. The molecule has 1 radical (unpaired) electrons. The summed E-state index contributed by atoms with van der Waals surface area (Å²) in [7, 11) is 0. The van der Waals surface area contributed by atoms with Gasteiger partial charge in [0, 0.05) is 50.5 Å². The Bertz CT molecular complexity index is 1320. The first kappa shape index (κ1) is 25.9. The molecule has 0 spiro atoms. The summed E-state index contributed by atoms with van der Waals surface area (Å²) in [6.45, 7) is 1.86. The number of hydrogen-bond acceptors (Lipinski definition) is 3. The maximum atomic E-state index is 13.3. The summed E-state index contributed by atoms with van der Waals surface area (Å²) in [5.41, 5.74) is 5.10. The monoisotopic (exact) mass is 646 g/mol. The summed E-state index contributed by atoms with van der Waals surface area (Å²) in [5, 5.41) is 0. The minimum Gasteiger partial charge on any atom is -0.305 e. The minimum absolute atomic E-state index is 0. The normalized spacial score (nSPS) is 10.1. The summed E-state index contributed by atoms with van der Waals surface area (Å²) in [5.74, 6) is -4.15. The SMILES string of the molecule is Cc1cc(-c2[c-]c(F)c(F)c(F)c2)ncc1-c1ccncc1.[Ir].[c-]1ccccc1-c1ccccn1. The summed E-state index contributed by atoms with van der Waals surface area (Å²) in [6.07, 6.45) is 6.73. The van der Waals surface area contributed by atoms with E-state index < -0.39 is 17.5 Å².